The van der Waals surface area contributed by atoms with Crippen molar-refractivity contribution in [3.05, 3.63) is 35.5 Å². The summed E-state index contributed by atoms with van der Waals surface area (Å²) in [4.78, 5) is 4.30. The molecule has 1 saturated heterocycles. The van der Waals surface area contributed by atoms with Crippen molar-refractivity contribution in [2.45, 2.75) is 18.9 Å². The van der Waals surface area contributed by atoms with E-state index in [1.165, 1.54) is 0 Å². The van der Waals surface area contributed by atoms with E-state index in [0.717, 1.165) is 42.6 Å². The van der Waals surface area contributed by atoms with Gasteiger partial charge in [-0.05, 0) is 50.2 Å². The van der Waals surface area contributed by atoms with Gasteiger partial charge in [0.1, 0.15) is 17.0 Å². The van der Waals surface area contributed by atoms with Crippen LogP contribution in [0, 0.1) is 0 Å². The summed E-state index contributed by atoms with van der Waals surface area (Å²) in [6.45, 7) is 2.05. The number of nitrogens with zero attached hydrogens (tertiary/aromatic N) is 1. The number of benzene rings is 1. The molecule has 1 fully saturated rings. The average molecular weight is 299 g/mol. The zero-order valence-corrected chi connectivity index (χ0v) is 12.0. The van der Waals surface area contributed by atoms with Gasteiger partial charge >= 0.3 is 0 Å². The summed E-state index contributed by atoms with van der Waals surface area (Å²) in [6, 6.07) is 9.69. The van der Waals surface area contributed by atoms with Gasteiger partial charge in [0.25, 0.3) is 0 Å². The van der Waals surface area contributed by atoms with Gasteiger partial charge in [0.05, 0.1) is 5.52 Å². The van der Waals surface area contributed by atoms with Crippen LogP contribution in [0.2, 0.25) is 5.15 Å². The maximum Gasteiger partial charge on any atom is 0.129 e. The Balaban J connectivity index is 0.00000133. The second-order valence-electron chi connectivity index (χ2n) is 4.52. The molecule has 0 bridgehead atoms. The number of nitrogens with one attached hydrogen (secondary N) is 1. The molecular weight excluding hydrogens is 283 g/mol. The van der Waals surface area contributed by atoms with Crippen molar-refractivity contribution in [1.29, 1.82) is 0 Å². The molecule has 102 valence electrons. The van der Waals surface area contributed by atoms with E-state index in [4.69, 9.17) is 16.3 Å². The quantitative estimate of drug-likeness (QED) is 0.863. The van der Waals surface area contributed by atoms with Gasteiger partial charge in [-0.15, -0.1) is 12.4 Å². The van der Waals surface area contributed by atoms with Gasteiger partial charge in [0, 0.05) is 5.39 Å². The molecule has 0 unspecified atom stereocenters. The van der Waals surface area contributed by atoms with Crippen molar-refractivity contribution in [3.63, 3.8) is 0 Å². The van der Waals surface area contributed by atoms with Crippen LogP contribution in [0.1, 0.15) is 12.8 Å². The molecule has 1 N–H and O–H groups in total. The van der Waals surface area contributed by atoms with Crippen LogP contribution in [0.5, 0.6) is 5.75 Å². The molecule has 19 heavy (non-hydrogen) atoms. The van der Waals surface area contributed by atoms with E-state index in [-0.39, 0.29) is 12.4 Å². The minimum Gasteiger partial charge on any atom is -0.490 e. The van der Waals surface area contributed by atoms with E-state index < -0.39 is 0 Å². The predicted octanol–water partition coefficient (Wildman–Crippen LogP) is 3.44. The van der Waals surface area contributed by atoms with E-state index in [1.54, 1.807) is 6.07 Å². The average Bonchev–Trinajstić information content (AvgIpc) is 2.40. The minimum absolute atomic E-state index is 0. The number of aromatic nitrogens is 1. The summed E-state index contributed by atoms with van der Waals surface area (Å²) in [5.74, 6) is 0.906. The van der Waals surface area contributed by atoms with Gasteiger partial charge in [-0.2, -0.15) is 0 Å². The van der Waals surface area contributed by atoms with E-state index in [9.17, 15) is 0 Å². The van der Waals surface area contributed by atoms with Crippen LogP contribution < -0.4 is 10.1 Å². The first-order valence-corrected chi connectivity index (χ1v) is 6.63. The van der Waals surface area contributed by atoms with Crippen molar-refractivity contribution >= 4 is 34.9 Å². The van der Waals surface area contributed by atoms with Crippen molar-refractivity contribution in [1.82, 2.24) is 10.3 Å². The lowest BCUT2D eigenvalue weighted by Crippen LogP contribution is -2.34. The molecule has 0 aliphatic carbocycles. The molecule has 0 radical (unpaired) electrons. The van der Waals surface area contributed by atoms with Crippen LogP contribution in [0.4, 0.5) is 0 Å². The Morgan fingerprint density at radius 2 is 1.95 bits per heavy atom. The third-order valence-corrected chi connectivity index (χ3v) is 3.45. The Kier molecular flexibility index (Phi) is 4.86. The van der Waals surface area contributed by atoms with Crippen LogP contribution in [-0.4, -0.2) is 24.2 Å². The normalized spacial score (nSPS) is 16.1. The summed E-state index contributed by atoms with van der Waals surface area (Å²) < 4.78 is 6.09. The standard InChI is InChI=1S/C14H15ClN2O.ClH/c15-14-5-4-11-12(17-14)2-1-3-13(11)18-10-6-8-16-9-7-10;/h1-5,10,16H,6-9H2;1H. The maximum atomic E-state index is 6.09. The lowest BCUT2D eigenvalue weighted by molar-refractivity contribution is 0.164. The second kappa shape index (κ2) is 6.42. The number of rotatable bonds is 2. The van der Waals surface area contributed by atoms with Crippen LogP contribution in [0.25, 0.3) is 10.9 Å². The molecule has 0 spiro atoms. The fraction of sp³-hybridized carbons (Fsp3) is 0.357. The first-order chi connectivity index (χ1) is 8.83. The van der Waals surface area contributed by atoms with Crippen LogP contribution in [0.3, 0.4) is 0 Å². The third-order valence-electron chi connectivity index (χ3n) is 3.24. The van der Waals surface area contributed by atoms with Gasteiger partial charge in [-0.25, -0.2) is 4.98 Å². The molecule has 2 heterocycles. The lowest BCUT2D eigenvalue weighted by Gasteiger charge is -2.24. The summed E-state index contributed by atoms with van der Waals surface area (Å²) >= 11 is 5.90. The largest absolute Gasteiger partial charge is 0.490 e. The van der Waals surface area contributed by atoms with Gasteiger partial charge in [0.15, 0.2) is 0 Å². The second-order valence-corrected chi connectivity index (χ2v) is 4.91. The maximum absolute atomic E-state index is 6.09. The molecule has 1 aliphatic rings. The van der Waals surface area contributed by atoms with E-state index in [0.29, 0.717) is 11.3 Å². The molecule has 3 nitrogen and oxygen atoms in total. The predicted molar refractivity (Wildman–Crippen MR) is 80.5 cm³/mol. The zero-order chi connectivity index (χ0) is 12.4. The van der Waals surface area contributed by atoms with E-state index >= 15 is 0 Å². The van der Waals surface area contributed by atoms with Gasteiger partial charge in [-0.1, -0.05) is 17.7 Å². The Bertz CT molecular complexity index is 556. The van der Waals surface area contributed by atoms with Gasteiger partial charge in [0.2, 0.25) is 0 Å². The molecule has 1 aromatic carbocycles. The van der Waals surface area contributed by atoms with Crippen LogP contribution in [-0.2, 0) is 0 Å². The summed E-state index contributed by atoms with van der Waals surface area (Å²) in [6.07, 6.45) is 2.40. The third kappa shape index (κ3) is 3.30. The monoisotopic (exact) mass is 298 g/mol. The van der Waals surface area contributed by atoms with E-state index in [1.807, 2.05) is 24.3 Å². The zero-order valence-electron chi connectivity index (χ0n) is 10.4. The molecule has 1 aliphatic heterocycles. The summed E-state index contributed by atoms with van der Waals surface area (Å²) in [5, 5.41) is 4.88. The number of pyridine rings is 1. The first kappa shape index (κ1) is 14.4. The molecule has 0 saturated carbocycles. The molecule has 3 rings (SSSR count). The molecule has 2 aromatic rings. The number of halogens is 2. The van der Waals surface area contributed by atoms with Gasteiger partial charge < -0.3 is 10.1 Å². The molecule has 5 heteroatoms. The molecule has 1 aromatic heterocycles. The molecular formula is C14H16Cl2N2O. The van der Waals surface area contributed by atoms with E-state index in [2.05, 4.69) is 10.3 Å². The molecule has 0 atom stereocenters. The fourth-order valence-electron chi connectivity index (χ4n) is 2.30. The number of fused-ring (bicyclic) bond motifs is 1. The number of piperidine rings is 1. The van der Waals surface area contributed by atoms with Crippen molar-refractivity contribution in [2.75, 3.05) is 13.1 Å². The Morgan fingerprint density at radius 3 is 2.74 bits per heavy atom. The first-order valence-electron chi connectivity index (χ1n) is 6.25. The Labute approximate surface area is 123 Å². The summed E-state index contributed by atoms with van der Waals surface area (Å²) in [7, 11) is 0. The number of hydrogen-bond donors (Lipinski definition) is 1. The van der Waals surface area contributed by atoms with Gasteiger partial charge in [-0.3, -0.25) is 0 Å². The fourth-order valence-corrected chi connectivity index (χ4v) is 2.45. The van der Waals surface area contributed by atoms with Crippen LogP contribution >= 0.6 is 24.0 Å². The Morgan fingerprint density at radius 1 is 1.16 bits per heavy atom. The summed E-state index contributed by atoms with van der Waals surface area (Å²) in [5.41, 5.74) is 0.883. The lowest BCUT2D eigenvalue weighted by atomic mass is 10.1. The highest BCUT2D eigenvalue weighted by atomic mass is 35.5. The van der Waals surface area contributed by atoms with Crippen LogP contribution in [0.15, 0.2) is 30.3 Å². The highest BCUT2D eigenvalue weighted by Crippen LogP contribution is 2.27. The molecule has 0 amide bonds. The topological polar surface area (TPSA) is 34.1 Å². The Hall–Kier alpha value is -1.03. The van der Waals surface area contributed by atoms with Crippen molar-refractivity contribution in [2.24, 2.45) is 0 Å². The highest BCUT2D eigenvalue weighted by molar-refractivity contribution is 6.29. The van der Waals surface area contributed by atoms with Crippen molar-refractivity contribution in [3.8, 4) is 5.75 Å². The SMILES string of the molecule is Cl.Clc1ccc2c(OC3CCNCC3)cccc2n1. The highest BCUT2D eigenvalue weighted by Gasteiger charge is 2.15. The minimum atomic E-state index is 0. The smallest absolute Gasteiger partial charge is 0.129 e. The number of hydrogen-bond acceptors (Lipinski definition) is 3. The number of ether oxygens (including phenoxy) is 1. The van der Waals surface area contributed by atoms with Crippen molar-refractivity contribution < 1.29 is 4.74 Å².